The number of quaternary nitrogens is 1. The van der Waals surface area contributed by atoms with Gasteiger partial charge >= 0.3 is 0 Å². The molecule has 0 aliphatic carbocycles. The Balaban J connectivity index is 0.000000980. The predicted molar refractivity (Wildman–Crippen MR) is 53.6 cm³/mol. The van der Waals surface area contributed by atoms with Gasteiger partial charge in [0.25, 0.3) is 0 Å². The Morgan fingerprint density at radius 1 is 1.36 bits per heavy atom. The van der Waals surface area contributed by atoms with Crippen molar-refractivity contribution in [2.75, 3.05) is 25.6 Å². The first-order valence-corrected chi connectivity index (χ1v) is 7.16. The minimum atomic E-state index is -2.75. The molecule has 0 spiro atoms. The molecule has 0 bridgehead atoms. The van der Waals surface area contributed by atoms with E-state index in [1.807, 2.05) is 0 Å². The van der Waals surface area contributed by atoms with Gasteiger partial charge in [0, 0.05) is 11.3 Å². The Morgan fingerprint density at radius 3 is 2.50 bits per heavy atom. The zero-order chi connectivity index (χ0) is 9.64. The van der Waals surface area contributed by atoms with Gasteiger partial charge in [0.1, 0.15) is 0 Å². The summed E-state index contributed by atoms with van der Waals surface area (Å²) < 4.78 is 22.5. The summed E-state index contributed by atoms with van der Waals surface area (Å²) in [6.07, 6.45) is 0. The Bertz CT molecular complexity index is 287. The molecule has 2 aliphatic heterocycles. The van der Waals surface area contributed by atoms with Crippen molar-refractivity contribution >= 4 is 21.6 Å². The second kappa shape index (κ2) is 4.29. The van der Waals surface area contributed by atoms with Crippen LogP contribution < -0.4 is 27.2 Å². The molecule has 7 heteroatoms. The van der Waals surface area contributed by atoms with Crippen LogP contribution in [0.25, 0.3) is 0 Å². The molecule has 2 heterocycles. The van der Waals surface area contributed by atoms with Crippen molar-refractivity contribution in [1.82, 2.24) is 5.32 Å². The van der Waals surface area contributed by atoms with Crippen molar-refractivity contribution in [1.29, 1.82) is 0 Å². The number of halogens is 1. The van der Waals surface area contributed by atoms with Gasteiger partial charge in [-0.2, -0.15) is 0 Å². The van der Waals surface area contributed by atoms with E-state index < -0.39 is 9.84 Å². The number of rotatable bonds is 1. The smallest absolute Gasteiger partial charge is 0.189 e. The van der Waals surface area contributed by atoms with Crippen LogP contribution in [0.3, 0.4) is 0 Å². The quantitative estimate of drug-likeness (QED) is 0.509. The van der Waals surface area contributed by atoms with Gasteiger partial charge in [-0.1, -0.05) is 11.8 Å². The molecule has 4 nitrogen and oxygen atoms in total. The third kappa shape index (κ3) is 2.44. The lowest BCUT2D eigenvalue weighted by molar-refractivity contribution is -0.872. The summed E-state index contributed by atoms with van der Waals surface area (Å²) in [5, 5.41) is 3.64. The third-order valence-electron chi connectivity index (χ3n) is 2.50. The van der Waals surface area contributed by atoms with Crippen LogP contribution >= 0.6 is 11.8 Å². The maximum atomic E-state index is 11.3. The maximum Gasteiger partial charge on any atom is 0.189 e. The number of hydrogen-bond acceptors (Lipinski definition) is 4. The van der Waals surface area contributed by atoms with Crippen LogP contribution in [0.4, 0.5) is 0 Å². The van der Waals surface area contributed by atoms with Crippen LogP contribution in [0.1, 0.15) is 0 Å². The minimum Gasteiger partial charge on any atom is -1.00 e. The number of thioether (sulfide) groups is 1. The molecule has 14 heavy (non-hydrogen) atoms. The summed E-state index contributed by atoms with van der Waals surface area (Å²) in [6, 6.07) is 0.190. The predicted octanol–water partition coefficient (Wildman–Crippen LogP) is -5.08. The highest BCUT2D eigenvalue weighted by molar-refractivity contribution is 8.02. The molecule has 2 fully saturated rings. The number of fused-ring (bicyclic) bond motifs is 1. The van der Waals surface area contributed by atoms with Crippen molar-refractivity contribution in [3.05, 3.63) is 0 Å². The Labute approximate surface area is 99.5 Å². The van der Waals surface area contributed by atoms with Crippen LogP contribution in [-0.4, -0.2) is 50.8 Å². The van der Waals surface area contributed by atoms with Crippen LogP contribution in [0.2, 0.25) is 0 Å². The number of hydrogen-bond donors (Lipinski definition) is 2. The Kier molecular flexibility index (Phi) is 3.91. The lowest BCUT2D eigenvalue weighted by atomic mass is 10.3. The van der Waals surface area contributed by atoms with Gasteiger partial charge in [0.2, 0.25) is 0 Å². The molecule has 1 unspecified atom stereocenters. The molecule has 84 valence electrons. The molecule has 0 amide bonds. The molecular weight excluding hydrogens is 288 g/mol. The summed E-state index contributed by atoms with van der Waals surface area (Å²) in [5.41, 5.74) is 0.366. The van der Waals surface area contributed by atoms with Gasteiger partial charge in [0.15, 0.2) is 15.3 Å². The third-order valence-corrected chi connectivity index (χ3v) is 6.17. The largest absolute Gasteiger partial charge is 1.00 e. The standard InChI is InChI=1S/C7H14N2O2S2.BrH/c1-9(2)7-8-5-3-13(10,11)4-6(5)12-7;/h5-8H,3-4H2,1-2H3;1H/t5-,6+,7?;/m1./s1. The normalized spacial score (nSPS) is 39.5. The second-order valence-electron chi connectivity index (χ2n) is 3.98. The Hall–Kier alpha value is 0.700. The first kappa shape index (κ1) is 12.8. The van der Waals surface area contributed by atoms with Crippen LogP contribution in [0.5, 0.6) is 0 Å². The first-order chi connectivity index (χ1) is 5.98. The van der Waals surface area contributed by atoms with E-state index in [-0.39, 0.29) is 28.3 Å². The van der Waals surface area contributed by atoms with Gasteiger partial charge in [-0.3, -0.25) is 5.32 Å². The van der Waals surface area contributed by atoms with Gasteiger partial charge in [-0.15, -0.1) is 0 Å². The van der Waals surface area contributed by atoms with Gasteiger partial charge < -0.3 is 21.9 Å². The number of nitrogens with one attached hydrogen (secondary N) is 2. The highest BCUT2D eigenvalue weighted by Crippen LogP contribution is 2.31. The van der Waals surface area contributed by atoms with E-state index in [4.69, 9.17) is 0 Å². The highest BCUT2D eigenvalue weighted by Gasteiger charge is 2.46. The van der Waals surface area contributed by atoms with E-state index in [2.05, 4.69) is 19.4 Å². The average Bonchev–Trinajstić information content (AvgIpc) is 2.39. The Morgan fingerprint density at radius 2 is 2.00 bits per heavy atom. The summed E-state index contributed by atoms with van der Waals surface area (Å²) in [4.78, 5) is 1.33. The lowest BCUT2D eigenvalue weighted by Crippen LogP contribution is -3.11. The fourth-order valence-electron chi connectivity index (χ4n) is 1.82. The van der Waals surface area contributed by atoms with E-state index in [0.717, 1.165) is 0 Å². The molecule has 3 atom stereocenters. The van der Waals surface area contributed by atoms with Crippen molar-refractivity contribution in [2.24, 2.45) is 0 Å². The molecule has 2 rings (SSSR count). The first-order valence-electron chi connectivity index (χ1n) is 4.40. The topological polar surface area (TPSA) is 50.6 Å². The fraction of sp³-hybridized carbons (Fsp3) is 1.00. The average molecular weight is 303 g/mol. The van der Waals surface area contributed by atoms with Crippen molar-refractivity contribution < 1.29 is 30.3 Å². The molecule has 0 aromatic rings. The van der Waals surface area contributed by atoms with E-state index in [1.54, 1.807) is 11.8 Å². The molecular formula is C7H15BrN2O2S2. The van der Waals surface area contributed by atoms with Gasteiger partial charge in [-0.05, 0) is 0 Å². The monoisotopic (exact) mass is 302 g/mol. The number of sulfone groups is 1. The second-order valence-corrected chi connectivity index (χ2v) is 7.48. The lowest BCUT2D eigenvalue weighted by Gasteiger charge is -2.16. The highest BCUT2D eigenvalue weighted by atomic mass is 79.9. The molecule has 0 aromatic carbocycles. The molecule has 2 saturated heterocycles. The zero-order valence-electron chi connectivity index (χ0n) is 8.16. The van der Waals surface area contributed by atoms with Crippen molar-refractivity contribution in [3.8, 4) is 0 Å². The van der Waals surface area contributed by atoms with Crippen molar-refractivity contribution in [3.63, 3.8) is 0 Å². The van der Waals surface area contributed by atoms with Crippen LogP contribution in [-0.2, 0) is 9.84 Å². The summed E-state index contributed by atoms with van der Waals surface area (Å²) in [7, 11) is 1.42. The summed E-state index contributed by atoms with van der Waals surface area (Å²) >= 11 is 1.76. The van der Waals surface area contributed by atoms with Gasteiger partial charge in [-0.25, -0.2) is 8.42 Å². The van der Waals surface area contributed by atoms with E-state index in [9.17, 15) is 8.42 Å². The van der Waals surface area contributed by atoms with Crippen molar-refractivity contribution in [2.45, 2.75) is 16.8 Å². The fourth-order valence-corrected chi connectivity index (χ4v) is 5.86. The van der Waals surface area contributed by atoms with E-state index in [1.165, 1.54) is 4.90 Å². The maximum absolute atomic E-state index is 11.3. The molecule has 0 aromatic heterocycles. The summed E-state index contributed by atoms with van der Waals surface area (Å²) in [5.74, 6) is 0.688. The van der Waals surface area contributed by atoms with E-state index in [0.29, 0.717) is 17.0 Å². The van der Waals surface area contributed by atoms with Crippen LogP contribution in [0.15, 0.2) is 0 Å². The van der Waals surface area contributed by atoms with Gasteiger partial charge in [0.05, 0.1) is 25.6 Å². The summed E-state index contributed by atoms with van der Waals surface area (Å²) in [6.45, 7) is 0. The molecule has 2 N–H and O–H groups in total. The van der Waals surface area contributed by atoms with E-state index >= 15 is 0 Å². The van der Waals surface area contributed by atoms with Crippen LogP contribution in [0, 0.1) is 0 Å². The minimum absolute atomic E-state index is 0. The molecule has 0 saturated carbocycles. The molecule has 2 aliphatic rings. The SMILES string of the molecule is C[NH+](C)C1N[C@@H]2CS(=O)(=O)C[C@@H]2S1.[Br-]. The molecule has 0 radical (unpaired) electrons. The zero-order valence-corrected chi connectivity index (χ0v) is 11.4.